The maximum atomic E-state index is 5.36. The molecule has 0 heterocycles. The predicted octanol–water partition coefficient (Wildman–Crippen LogP) is 3.18. The van der Waals surface area contributed by atoms with Gasteiger partial charge in [-0.25, -0.2) is 0 Å². The van der Waals surface area contributed by atoms with E-state index in [1.165, 1.54) is 11.1 Å². The van der Waals surface area contributed by atoms with Gasteiger partial charge in [0.2, 0.25) is 0 Å². The molecule has 0 saturated heterocycles. The number of aliphatic imine (C=N–C) groups is 1. The molecule has 2 aromatic carbocycles. The first-order valence-electron chi connectivity index (χ1n) is 7.76. The fourth-order valence-electron chi connectivity index (χ4n) is 2.37. The van der Waals surface area contributed by atoms with Crippen LogP contribution in [0.1, 0.15) is 22.3 Å². The number of rotatable bonds is 5. The van der Waals surface area contributed by atoms with Crippen molar-refractivity contribution in [1.29, 1.82) is 0 Å². The van der Waals surface area contributed by atoms with E-state index in [4.69, 9.17) is 4.74 Å². The van der Waals surface area contributed by atoms with Gasteiger partial charge in [0.1, 0.15) is 5.75 Å². The van der Waals surface area contributed by atoms with E-state index in [-0.39, 0.29) is 0 Å². The highest BCUT2D eigenvalue weighted by Crippen LogP contribution is 2.18. The zero-order chi connectivity index (χ0) is 16.7. The van der Waals surface area contributed by atoms with Gasteiger partial charge >= 0.3 is 0 Å². The van der Waals surface area contributed by atoms with E-state index in [1.54, 1.807) is 14.2 Å². The number of guanidine groups is 1. The van der Waals surface area contributed by atoms with E-state index in [0.717, 1.165) is 29.4 Å². The standard InChI is InChI=1S/C19H25N3O/c1-14-7-5-6-8-17(14)13-22-19(20-3)21-12-16-10-9-15(2)18(11-16)23-4/h5-11H,12-13H2,1-4H3,(H2,20,21,22). The lowest BCUT2D eigenvalue weighted by molar-refractivity contribution is 0.411. The Balaban J connectivity index is 1.92. The Morgan fingerprint density at radius 3 is 2.43 bits per heavy atom. The van der Waals surface area contributed by atoms with E-state index >= 15 is 0 Å². The van der Waals surface area contributed by atoms with Crippen molar-refractivity contribution in [3.63, 3.8) is 0 Å². The van der Waals surface area contributed by atoms with Crippen molar-refractivity contribution in [3.8, 4) is 5.75 Å². The zero-order valence-electron chi connectivity index (χ0n) is 14.3. The third kappa shape index (κ3) is 4.74. The normalized spacial score (nSPS) is 11.2. The molecule has 23 heavy (non-hydrogen) atoms. The highest BCUT2D eigenvalue weighted by Gasteiger charge is 2.03. The molecule has 0 aromatic heterocycles. The maximum Gasteiger partial charge on any atom is 0.191 e. The highest BCUT2D eigenvalue weighted by molar-refractivity contribution is 5.79. The first kappa shape index (κ1) is 16.9. The van der Waals surface area contributed by atoms with Gasteiger partial charge in [0.05, 0.1) is 7.11 Å². The van der Waals surface area contributed by atoms with Gasteiger partial charge < -0.3 is 15.4 Å². The highest BCUT2D eigenvalue weighted by atomic mass is 16.5. The smallest absolute Gasteiger partial charge is 0.191 e. The molecule has 0 bridgehead atoms. The predicted molar refractivity (Wildman–Crippen MR) is 95.9 cm³/mol. The van der Waals surface area contributed by atoms with Crippen LogP contribution in [-0.2, 0) is 13.1 Å². The van der Waals surface area contributed by atoms with Crippen molar-refractivity contribution >= 4 is 5.96 Å². The number of ether oxygens (including phenoxy) is 1. The first-order valence-corrected chi connectivity index (χ1v) is 7.76. The number of nitrogens with zero attached hydrogens (tertiary/aromatic N) is 1. The van der Waals surface area contributed by atoms with Crippen LogP contribution in [0.5, 0.6) is 5.75 Å². The molecule has 0 atom stereocenters. The summed E-state index contributed by atoms with van der Waals surface area (Å²) < 4.78 is 5.36. The summed E-state index contributed by atoms with van der Waals surface area (Å²) in [5.41, 5.74) is 4.84. The molecule has 0 spiro atoms. The van der Waals surface area contributed by atoms with Crippen molar-refractivity contribution in [3.05, 3.63) is 64.7 Å². The summed E-state index contributed by atoms with van der Waals surface area (Å²) in [6, 6.07) is 14.6. The van der Waals surface area contributed by atoms with Crippen LogP contribution in [0.4, 0.5) is 0 Å². The number of benzene rings is 2. The van der Waals surface area contributed by atoms with Gasteiger partial charge in [-0.3, -0.25) is 4.99 Å². The third-order valence-electron chi connectivity index (χ3n) is 3.86. The van der Waals surface area contributed by atoms with Crippen LogP contribution in [0.25, 0.3) is 0 Å². The Labute approximate surface area is 138 Å². The summed E-state index contributed by atoms with van der Waals surface area (Å²) >= 11 is 0. The van der Waals surface area contributed by atoms with Crippen molar-refractivity contribution in [1.82, 2.24) is 10.6 Å². The van der Waals surface area contributed by atoms with Crippen LogP contribution in [0.3, 0.4) is 0 Å². The average molecular weight is 311 g/mol. The van der Waals surface area contributed by atoms with Crippen LogP contribution in [0, 0.1) is 13.8 Å². The lowest BCUT2D eigenvalue weighted by Crippen LogP contribution is -2.36. The van der Waals surface area contributed by atoms with Crippen molar-refractivity contribution in [2.75, 3.05) is 14.2 Å². The van der Waals surface area contributed by atoms with E-state index in [2.05, 4.69) is 65.0 Å². The van der Waals surface area contributed by atoms with Gasteiger partial charge in [0, 0.05) is 20.1 Å². The minimum absolute atomic E-state index is 0.698. The Morgan fingerprint density at radius 1 is 1.00 bits per heavy atom. The van der Waals surface area contributed by atoms with Crippen LogP contribution < -0.4 is 15.4 Å². The van der Waals surface area contributed by atoms with Gasteiger partial charge in [0.15, 0.2) is 5.96 Å². The fourth-order valence-corrected chi connectivity index (χ4v) is 2.37. The molecule has 2 rings (SSSR count). The van der Waals surface area contributed by atoms with Crippen LogP contribution in [0.2, 0.25) is 0 Å². The third-order valence-corrected chi connectivity index (χ3v) is 3.86. The van der Waals surface area contributed by atoms with Gasteiger partial charge in [-0.1, -0.05) is 36.4 Å². The first-order chi connectivity index (χ1) is 11.1. The topological polar surface area (TPSA) is 45.7 Å². The molecule has 2 N–H and O–H groups in total. The fraction of sp³-hybridized carbons (Fsp3) is 0.316. The van der Waals surface area contributed by atoms with Crippen molar-refractivity contribution in [2.24, 2.45) is 4.99 Å². The van der Waals surface area contributed by atoms with Crippen molar-refractivity contribution in [2.45, 2.75) is 26.9 Å². The summed E-state index contributed by atoms with van der Waals surface area (Å²) in [6.45, 7) is 5.61. The Morgan fingerprint density at radius 2 is 1.74 bits per heavy atom. The largest absolute Gasteiger partial charge is 0.496 e. The summed E-state index contributed by atoms with van der Waals surface area (Å²) in [5, 5.41) is 6.67. The molecule has 0 saturated carbocycles. The van der Waals surface area contributed by atoms with Crippen molar-refractivity contribution < 1.29 is 4.74 Å². The van der Waals surface area contributed by atoms with E-state index in [0.29, 0.717) is 6.54 Å². The van der Waals surface area contributed by atoms with Gasteiger partial charge in [-0.15, -0.1) is 0 Å². The molecule has 0 aliphatic rings. The van der Waals surface area contributed by atoms with E-state index in [1.807, 2.05) is 6.92 Å². The SMILES string of the molecule is CN=C(NCc1ccc(C)c(OC)c1)NCc1ccccc1C. The van der Waals surface area contributed by atoms with Crippen LogP contribution >= 0.6 is 0 Å². The van der Waals surface area contributed by atoms with Gasteiger partial charge in [0.25, 0.3) is 0 Å². The second-order valence-electron chi connectivity index (χ2n) is 5.51. The monoisotopic (exact) mass is 311 g/mol. The summed E-state index contributed by atoms with van der Waals surface area (Å²) in [4.78, 5) is 4.27. The average Bonchev–Trinajstić information content (AvgIpc) is 2.57. The molecule has 4 heteroatoms. The molecule has 2 aromatic rings. The lowest BCUT2D eigenvalue weighted by atomic mass is 10.1. The van der Waals surface area contributed by atoms with Gasteiger partial charge in [-0.05, 0) is 42.2 Å². The molecule has 122 valence electrons. The molecule has 0 aliphatic heterocycles. The minimum Gasteiger partial charge on any atom is -0.496 e. The Hall–Kier alpha value is -2.49. The van der Waals surface area contributed by atoms with Gasteiger partial charge in [-0.2, -0.15) is 0 Å². The summed E-state index contributed by atoms with van der Waals surface area (Å²) in [6.07, 6.45) is 0. The Bertz CT molecular complexity index is 680. The second-order valence-corrected chi connectivity index (χ2v) is 5.51. The number of methoxy groups -OCH3 is 1. The molecule has 0 fully saturated rings. The Kier molecular flexibility index (Phi) is 6.03. The number of aryl methyl sites for hydroxylation is 2. The molecular weight excluding hydrogens is 286 g/mol. The van der Waals surface area contributed by atoms with Crippen LogP contribution in [-0.4, -0.2) is 20.1 Å². The molecular formula is C19H25N3O. The molecule has 0 radical (unpaired) electrons. The lowest BCUT2D eigenvalue weighted by Gasteiger charge is -2.14. The molecule has 0 unspecified atom stereocenters. The molecule has 4 nitrogen and oxygen atoms in total. The minimum atomic E-state index is 0.698. The molecule has 0 aliphatic carbocycles. The number of hydrogen-bond acceptors (Lipinski definition) is 2. The summed E-state index contributed by atoms with van der Waals surface area (Å²) in [7, 11) is 3.48. The molecule has 0 amide bonds. The maximum absolute atomic E-state index is 5.36. The quantitative estimate of drug-likeness (QED) is 0.658. The second kappa shape index (κ2) is 8.22. The number of nitrogens with one attached hydrogen (secondary N) is 2. The van der Waals surface area contributed by atoms with E-state index in [9.17, 15) is 0 Å². The number of hydrogen-bond donors (Lipinski definition) is 2. The zero-order valence-corrected chi connectivity index (χ0v) is 14.3. The van der Waals surface area contributed by atoms with E-state index < -0.39 is 0 Å². The van der Waals surface area contributed by atoms with Crippen LogP contribution in [0.15, 0.2) is 47.5 Å². The summed E-state index contributed by atoms with van der Waals surface area (Å²) in [5.74, 6) is 1.69.